The number of amides is 1. The second-order valence-electron chi connectivity index (χ2n) is 4.70. The van der Waals surface area contributed by atoms with Crippen LogP contribution in [0.3, 0.4) is 0 Å². The first-order chi connectivity index (χ1) is 8.43. The van der Waals surface area contributed by atoms with Crippen molar-refractivity contribution in [2.75, 3.05) is 5.73 Å². The summed E-state index contributed by atoms with van der Waals surface area (Å²) in [5.41, 5.74) is 6.91. The summed E-state index contributed by atoms with van der Waals surface area (Å²) in [5, 5.41) is 2.90. The van der Waals surface area contributed by atoms with Crippen LogP contribution in [0.25, 0.3) is 0 Å². The Morgan fingerprint density at radius 3 is 2.56 bits per heavy atom. The molecule has 1 aromatic carbocycles. The molecule has 1 aromatic rings. The van der Waals surface area contributed by atoms with Crippen molar-refractivity contribution in [1.82, 2.24) is 5.32 Å². The Morgan fingerprint density at radius 1 is 1.39 bits per heavy atom. The Kier molecular flexibility index (Phi) is 5.01. The summed E-state index contributed by atoms with van der Waals surface area (Å²) >= 11 is 0. The number of nitrogen functional groups attached to an aromatic ring is 1. The first-order valence-electron chi connectivity index (χ1n) is 6.31. The number of ether oxygens (including phenoxy) is 1. The molecule has 100 valence electrons. The number of benzene rings is 1. The van der Waals surface area contributed by atoms with E-state index in [2.05, 4.69) is 5.32 Å². The highest BCUT2D eigenvalue weighted by atomic mass is 16.5. The van der Waals surface area contributed by atoms with Crippen LogP contribution in [0.5, 0.6) is 5.75 Å². The molecule has 0 radical (unpaired) electrons. The van der Waals surface area contributed by atoms with Crippen molar-refractivity contribution in [2.45, 2.75) is 46.3 Å². The molecule has 4 heteroatoms. The average molecular weight is 250 g/mol. The summed E-state index contributed by atoms with van der Waals surface area (Å²) in [5.74, 6) is 0.511. The van der Waals surface area contributed by atoms with E-state index < -0.39 is 0 Å². The summed E-state index contributed by atoms with van der Waals surface area (Å²) < 4.78 is 5.53. The molecule has 1 unspecified atom stereocenters. The zero-order valence-electron chi connectivity index (χ0n) is 11.5. The highest BCUT2D eigenvalue weighted by molar-refractivity contribution is 5.95. The van der Waals surface area contributed by atoms with Crippen molar-refractivity contribution < 1.29 is 9.53 Å². The molecule has 1 amide bonds. The maximum atomic E-state index is 11.9. The molecule has 0 aliphatic rings. The van der Waals surface area contributed by atoms with Crippen LogP contribution in [0.4, 0.5) is 5.69 Å². The van der Waals surface area contributed by atoms with Gasteiger partial charge in [0.1, 0.15) is 5.75 Å². The molecule has 0 saturated heterocycles. The average Bonchev–Trinajstić information content (AvgIpc) is 2.30. The zero-order chi connectivity index (χ0) is 13.7. The minimum atomic E-state index is -0.104. The van der Waals surface area contributed by atoms with Crippen LogP contribution in [0.15, 0.2) is 18.2 Å². The van der Waals surface area contributed by atoms with E-state index in [0.29, 0.717) is 17.0 Å². The number of carbonyl (C=O) groups is 1. The Hall–Kier alpha value is -1.71. The Bertz CT molecular complexity index is 416. The first-order valence-corrected chi connectivity index (χ1v) is 6.31. The number of hydrogen-bond acceptors (Lipinski definition) is 3. The number of hydrogen-bond donors (Lipinski definition) is 2. The summed E-state index contributed by atoms with van der Waals surface area (Å²) in [6.07, 6.45) is 0.961. The largest absolute Gasteiger partial charge is 0.489 e. The molecule has 0 fully saturated rings. The molecule has 0 spiro atoms. The number of anilines is 1. The van der Waals surface area contributed by atoms with Gasteiger partial charge in [0, 0.05) is 11.6 Å². The Balaban J connectivity index is 2.80. The lowest BCUT2D eigenvalue weighted by Crippen LogP contribution is -2.31. The van der Waals surface area contributed by atoms with Crippen molar-refractivity contribution >= 4 is 11.6 Å². The van der Waals surface area contributed by atoms with Crippen LogP contribution in [0, 0.1) is 0 Å². The standard InChI is InChI=1S/C14H22N2O2/c1-5-10(4)16-14(17)11-6-7-13(12(15)8-11)18-9(2)3/h6-10H,5,15H2,1-4H3,(H,16,17). The fourth-order valence-electron chi connectivity index (χ4n) is 1.46. The fraction of sp³-hybridized carbons (Fsp3) is 0.500. The Labute approximate surface area is 109 Å². The second kappa shape index (κ2) is 6.28. The summed E-state index contributed by atoms with van der Waals surface area (Å²) in [7, 11) is 0. The monoisotopic (exact) mass is 250 g/mol. The number of rotatable bonds is 5. The van der Waals surface area contributed by atoms with Gasteiger partial charge < -0.3 is 15.8 Å². The van der Waals surface area contributed by atoms with E-state index >= 15 is 0 Å². The predicted molar refractivity (Wildman–Crippen MR) is 73.8 cm³/mol. The summed E-state index contributed by atoms with van der Waals surface area (Å²) in [4.78, 5) is 11.9. The third-order valence-electron chi connectivity index (χ3n) is 2.62. The summed E-state index contributed by atoms with van der Waals surface area (Å²) in [6, 6.07) is 5.27. The van der Waals surface area contributed by atoms with Crippen LogP contribution in [0.2, 0.25) is 0 Å². The fourth-order valence-corrected chi connectivity index (χ4v) is 1.46. The van der Waals surface area contributed by atoms with Crippen LogP contribution in [0.1, 0.15) is 44.5 Å². The van der Waals surface area contributed by atoms with Crippen LogP contribution in [-0.2, 0) is 0 Å². The van der Waals surface area contributed by atoms with Crippen LogP contribution in [-0.4, -0.2) is 18.1 Å². The van der Waals surface area contributed by atoms with E-state index in [-0.39, 0.29) is 18.1 Å². The maximum Gasteiger partial charge on any atom is 0.251 e. The van der Waals surface area contributed by atoms with Gasteiger partial charge in [-0.3, -0.25) is 4.79 Å². The SMILES string of the molecule is CCC(C)NC(=O)c1ccc(OC(C)C)c(N)c1. The van der Waals surface area contributed by atoms with E-state index in [1.807, 2.05) is 27.7 Å². The van der Waals surface area contributed by atoms with Crippen molar-refractivity contribution in [3.05, 3.63) is 23.8 Å². The normalized spacial score (nSPS) is 12.3. The molecule has 0 aromatic heterocycles. The molecule has 0 heterocycles. The molecule has 4 nitrogen and oxygen atoms in total. The number of carbonyl (C=O) groups excluding carboxylic acids is 1. The smallest absolute Gasteiger partial charge is 0.251 e. The lowest BCUT2D eigenvalue weighted by molar-refractivity contribution is 0.0939. The molecule has 1 rings (SSSR count). The lowest BCUT2D eigenvalue weighted by Gasteiger charge is -2.14. The third kappa shape index (κ3) is 3.95. The molecular formula is C14H22N2O2. The topological polar surface area (TPSA) is 64.3 Å². The number of nitrogens with two attached hydrogens (primary N) is 1. The van der Waals surface area contributed by atoms with E-state index in [4.69, 9.17) is 10.5 Å². The van der Waals surface area contributed by atoms with Crippen molar-refractivity contribution in [1.29, 1.82) is 0 Å². The zero-order valence-corrected chi connectivity index (χ0v) is 11.5. The van der Waals surface area contributed by atoms with E-state index in [1.165, 1.54) is 0 Å². The van der Waals surface area contributed by atoms with Gasteiger partial charge in [0.05, 0.1) is 11.8 Å². The van der Waals surface area contributed by atoms with E-state index in [9.17, 15) is 4.79 Å². The van der Waals surface area contributed by atoms with E-state index in [0.717, 1.165) is 6.42 Å². The van der Waals surface area contributed by atoms with Crippen molar-refractivity contribution in [3.8, 4) is 5.75 Å². The van der Waals surface area contributed by atoms with Gasteiger partial charge in [0.15, 0.2) is 0 Å². The van der Waals surface area contributed by atoms with Gasteiger partial charge in [-0.2, -0.15) is 0 Å². The quantitative estimate of drug-likeness (QED) is 0.789. The highest BCUT2D eigenvalue weighted by Crippen LogP contribution is 2.23. The molecule has 18 heavy (non-hydrogen) atoms. The molecular weight excluding hydrogens is 228 g/mol. The minimum Gasteiger partial charge on any atom is -0.489 e. The third-order valence-corrected chi connectivity index (χ3v) is 2.62. The van der Waals surface area contributed by atoms with Crippen molar-refractivity contribution in [2.24, 2.45) is 0 Å². The predicted octanol–water partition coefficient (Wildman–Crippen LogP) is 2.58. The molecule has 0 saturated carbocycles. The van der Waals surface area contributed by atoms with Gasteiger partial charge in [-0.25, -0.2) is 0 Å². The van der Waals surface area contributed by atoms with Crippen LogP contribution < -0.4 is 15.8 Å². The van der Waals surface area contributed by atoms with Gasteiger partial charge in [-0.05, 0) is 45.4 Å². The van der Waals surface area contributed by atoms with Crippen LogP contribution >= 0.6 is 0 Å². The number of nitrogens with one attached hydrogen (secondary N) is 1. The summed E-state index contributed by atoms with van der Waals surface area (Å²) in [6.45, 7) is 7.86. The van der Waals surface area contributed by atoms with Crippen molar-refractivity contribution in [3.63, 3.8) is 0 Å². The molecule has 0 bridgehead atoms. The Morgan fingerprint density at radius 2 is 2.06 bits per heavy atom. The second-order valence-corrected chi connectivity index (χ2v) is 4.70. The van der Waals surface area contributed by atoms with Gasteiger partial charge >= 0.3 is 0 Å². The lowest BCUT2D eigenvalue weighted by atomic mass is 10.1. The van der Waals surface area contributed by atoms with Gasteiger partial charge in [0.2, 0.25) is 0 Å². The van der Waals surface area contributed by atoms with Gasteiger partial charge in [0.25, 0.3) is 5.91 Å². The molecule has 3 N–H and O–H groups in total. The highest BCUT2D eigenvalue weighted by Gasteiger charge is 2.11. The molecule has 0 aliphatic heterocycles. The minimum absolute atomic E-state index is 0.0621. The molecule has 0 aliphatic carbocycles. The maximum absolute atomic E-state index is 11.9. The first kappa shape index (κ1) is 14.4. The molecule has 1 atom stereocenters. The van der Waals surface area contributed by atoms with E-state index in [1.54, 1.807) is 18.2 Å². The van der Waals surface area contributed by atoms with Gasteiger partial charge in [-0.15, -0.1) is 0 Å². The van der Waals surface area contributed by atoms with Gasteiger partial charge in [-0.1, -0.05) is 6.92 Å².